The Hall–Kier alpha value is -1.80. The van der Waals surface area contributed by atoms with Crippen LogP contribution in [0.3, 0.4) is 0 Å². The highest BCUT2D eigenvalue weighted by Crippen LogP contribution is 2.30. The molecular formula is C16H23N5O2S. The van der Waals surface area contributed by atoms with Crippen LogP contribution >= 0.6 is 11.3 Å². The summed E-state index contributed by atoms with van der Waals surface area (Å²) in [4.78, 5) is 14.5. The van der Waals surface area contributed by atoms with E-state index in [1.165, 1.54) is 17.8 Å². The van der Waals surface area contributed by atoms with Gasteiger partial charge in [0.05, 0.1) is 6.04 Å². The summed E-state index contributed by atoms with van der Waals surface area (Å²) in [5.74, 6) is 0.811. The van der Waals surface area contributed by atoms with Gasteiger partial charge >= 0.3 is 0 Å². The van der Waals surface area contributed by atoms with Gasteiger partial charge in [-0.3, -0.25) is 9.69 Å². The highest BCUT2D eigenvalue weighted by molar-refractivity contribution is 7.15. The molecule has 8 heteroatoms. The molecule has 7 nitrogen and oxygen atoms in total. The maximum Gasteiger partial charge on any atom is 0.227 e. The minimum Gasteiger partial charge on any atom is -0.361 e. The molecule has 1 saturated heterocycles. The van der Waals surface area contributed by atoms with Crippen molar-refractivity contribution in [2.45, 2.75) is 52.0 Å². The number of aromatic nitrogens is 3. The predicted molar refractivity (Wildman–Crippen MR) is 91.9 cm³/mol. The predicted octanol–water partition coefficient (Wildman–Crippen LogP) is 2.95. The van der Waals surface area contributed by atoms with Gasteiger partial charge in [-0.2, -0.15) is 0 Å². The number of carbonyl (C=O) groups excluding carboxylic acids is 1. The zero-order valence-electron chi connectivity index (χ0n) is 14.1. The minimum absolute atomic E-state index is 0.0190. The van der Waals surface area contributed by atoms with Crippen LogP contribution in [0.2, 0.25) is 0 Å². The van der Waals surface area contributed by atoms with Gasteiger partial charge in [-0.25, -0.2) is 0 Å². The second-order valence-corrected chi connectivity index (χ2v) is 7.12. The van der Waals surface area contributed by atoms with E-state index in [0.717, 1.165) is 42.3 Å². The second kappa shape index (κ2) is 7.85. The third kappa shape index (κ3) is 4.18. The van der Waals surface area contributed by atoms with Crippen molar-refractivity contribution < 1.29 is 9.32 Å². The number of likely N-dealkylation sites (tertiary alicyclic amines) is 1. The van der Waals surface area contributed by atoms with Crippen LogP contribution in [0.1, 0.15) is 55.1 Å². The van der Waals surface area contributed by atoms with Gasteiger partial charge in [0.2, 0.25) is 11.0 Å². The minimum atomic E-state index is -0.0190. The van der Waals surface area contributed by atoms with Crippen molar-refractivity contribution in [2.24, 2.45) is 0 Å². The molecule has 2 aromatic rings. The number of piperidine rings is 1. The third-order valence-electron chi connectivity index (χ3n) is 4.24. The Morgan fingerprint density at radius 1 is 1.46 bits per heavy atom. The summed E-state index contributed by atoms with van der Waals surface area (Å²) < 4.78 is 5.21. The van der Waals surface area contributed by atoms with E-state index in [9.17, 15) is 4.79 Å². The van der Waals surface area contributed by atoms with E-state index >= 15 is 0 Å². The van der Waals surface area contributed by atoms with Crippen molar-refractivity contribution in [3.8, 4) is 0 Å². The van der Waals surface area contributed by atoms with E-state index in [1.54, 1.807) is 0 Å². The number of hydrogen-bond acceptors (Lipinski definition) is 7. The van der Waals surface area contributed by atoms with Crippen LogP contribution in [0.5, 0.6) is 0 Å². The van der Waals surface area contributed by atoms with Crippen LogP contribution in [-0.2, 0) is 11.2 Å². The highest BCUT2D eigenvalue weighted by atomic mass is 32.1. The molecule has 130 valence electrons. The van der Waals surface area contributed by atoms with E-state index in [0.29, 0.717) is 18.1 Å². The molecule has 1 fully saturated rings. The van der Waals surface area contributed by atoms with Crippen LogP contribution < -0.4 is 5.32 Å². The Morgan fingerprint density at radius 3 is 3.04 bits per heavy atom. The summed E-state index contributed by atoms with van der Waals surface area (Å²) >= 11 is 1.43. The normalized spacial score (nSPS) is 18.7. The Bertz CT molecular complexity index is 684. The average Bonchev–Trinajstić information content (AvgIpc) is 3.22. The topological polar surface area (TPSA) is 84.2 Å². The van der Waals surface area contributed by atoms with Gasteiger partial charge in [0.15, 0.2) is 0 Å². The van der Waals surface area contributed by atoms with Crippen LogP contribution in [0.15, 0.2) is 10.6 Å². The van der Waals surface area contributed by atoms with E-state index < -0.39 is 0 Å². The monoisotopic (exact) mass is 349 g/mol. The van der Waals surface area contributed by atoms with E-state index in [-0.39, 0.29) is 11.9 Å². The van der Waals surface area contributed by atoms with E-state index in [4.69, 9.17) is 4.52 Å². The zero-order valence-corrected chi connectivity index (χ0v) is 14.9. The van der Waals surface area contributed by atoms with Crippen molar-refractivity contribution in [2.75, 3.05) is 18.4 Å². The Morgan fingerprint density at radius 2 is 2.33 bits per heavy atom. The van der Waals surface area contributed by atoms with Crippen molar-refractivity contribution >= 4 is 22.4 Å². The summed E-state index contributed by atoms with van der Waals surface area (Å²) in [6.07, 6.45) is 4.67. The molecule has 3 heterocycles. The Labute approximate surface area is 145 Å². The fraction of sp³-hybridized carbons (Fsp3) is 0.625. The van der Waals surface area contributed by atoms with Crippen LogP contribution in [0.25, 0.3) is 0 Å². The van der Waals surface area contributed by atoms with Crippen molar-refractivity contribution in [3.63, 3.8) is 0 Å². The van der Waals surface area contributed by atoms with Gasteiger partial charge in [-0.05, 0) is 32.7 Å². The lowest BCUT2D eigenvalue weighted by Gasteiger charge is -2.34. The molecule has 0 aromatic carbocycles. The number of rotatable bonds is 6. The molecule has 24 heavy (non-hydrogen) atoms. The number of hydrogen-bond donors (Lipinski definition) is 1. The van der Waals surface area contributed by atoms with E-state index in [2.05, 4.69) is 25.6 Å². The maximum atomic E-state index is 12.2. The number of nitrogens with zero attached hydrogens (tertiary/aromatic N) is 4. The molecule has 0 spiro atoms. The number of anilines is 1. The molecule has 2 aromatic heterocycles. The SMILES string of the molecule is CCc1nnc(NC(=O)CCN2CCCCC2c2cc(C)on2)s1. The Balaban J connectivity index is 1.54. The molecule has 0 aliphatic carbocycles. The molecule has 1 aliphatic heterocycles. The molecule has 0 bridgehead atoms. The second-order valence-electron chi connectivity index (χ2n) is 6.06. The molecule has 0 saturated carbocycles. The molecule has 1 unspecified atom stereocenters. The fourth-order valence-electron chi connectivity index (χ4n) is 3.01. The van der Waals surface area contributed by atoms with Gasteiger partial charge in [0, 0.05) is 19.0 Å². The molecule has 3 rings (SSSR count). The van der Waals surface area contributed by atoms with Gasteiger partial charge in [0.1, 0.15) is 16.5 Å². The van der Waals surface area contributed by atoms with Gasteiger partial charge in [-0.15, -0.1) is 10.2 Å². The summed E-state index contributed by atoms with van der Waals surface area (Å²) in [6, 6.07) is 2.24. The number of aryl methyl sites for hydroxylation is 2. The number of carbonyl (C=O) groups is 1. The largest absolute Gasteiger partial charge is 0.361 e. The summed E-state index contributed by atoms with van der Waals surface area (Å²) in [7, 11) is 0. The summed E-state index contributed by atoms with van der Waals surface area (Å²) in [5, 5.41) is 16.5. The lowest BCUT2D eigenvalue weighted by Crippen LogP contribution is -2.35. The first-order chi connectivity index (χ1) is 11.7. The number of amides is 1. The third-order valence-corrected chi connectivity index (χ3v) is 5.23. The quantitative estimate of drug-likeness (QED) is 0.863. The van der Waals surface area contributed by atoms with Crippen LogP contribution in [0, 0.1) is 6.92 Å². The fourth-order valence-corrected chi connectivity index (χ4v) is 3.71. The zero-order chi connectivity index (χ0) is 16.9. The first-order valence-electron chi connectivity index (χ1n) is 8.45. The first-order valence-corrected chi connectivity index (χ1v) is 9.27. The van der Waals surface area contributed by atoms with Crippen molar-refractivity contribution in [1.29, 1.82) is 0 Å². The van der Waals surface area contributed by atoms with Crippen molar-refractivity contribution in [1.82, 2.24) is 20.3 Å². The van der Waals surface area contributed by atoms with Gasteiger partial charge < -0.3 is 9.84 Å². The van der Waals surface area contributed by atoms with E-state index in [1.807, 2.05) is 19.9 Å². The lowest BCUT2D eigenvalue weighted by atomic mass is 9.99. The number of nitrogens with one attached hydrogen (secondary N) is 1. The van der Waals surface area contributed by atoms with Gasteiger partial charge in [0.25, 0.3) is 0 Å². The van der Waals surface area contributed by atoms with Crippen LogP contribution in [-0.4, -0.2) is 39.3 Å². The van der Waals surface area contributed by atoms with Crippen LogP contribution in [0.4, 0.5) is 5.13 Å². The smallest absolute Gasteiger partial charge is 0.227 e. The molecule has 1 amide bonds. The maximum absolute atomic E-state index is 12.2. The van der Waals surface area contributed by atoms with Gasteiger partial charge in [-0.1, -0.05) is 29.8 Å². The Kier molecular flexibility index (Phi) is 5.57. The van der Waals surface area contributed by atoms with Crippen molar-refractivity contribution in [3.05, 3.63) is 22.5 Å². The molecule has 0 radical (unpaired) electrons. The molecular weight excluding hydrogens is 326 g/mol. The molecule has 1 aliphatic rings. The molecule has 1 N–H and O–H groups in total. The standard InChI is InChI=1S/C16H23N5O2S/c1-3-15-18-19-16(24-15)17-14(22)7-9-21-8-5-4-6-13(21)12-10-11(2)23-20-12/h10,13H,3-9H2,1-2H3,(H,17,19,22). The molecule has 1 atom stereocenters. The highest BCUT2D eigenvalue weighted by Gasteiger charge is 2.26. The average molecular weight is 349 g/mol. The lowest BCUT2D eigenvalue weighted by molar-refractivity contribution is -0.116. The summed E-state index contributed by atoms with van der Waals surface area (Å²) in [6.45, 7) is 5.63. The first kappa shape index (κ1) is 17.0. The summed E-state index contributed by atoms with van der Waals surface area (Å²) in [5.41, 5.74) is 0.976.